The molecule has 3 rings (SSSR count). The van der Waals surface area contributed by atoms with Gasteiger partial charge in [0.05, 0.1) is 6.20 Å². The second kappa shape index (κ2) is 4.86. The van der Waals surface area contributed by atoms with E-state index in [0.29, 0.717) is 5.15 Å². The van der Waals surface area contributed by atoms with E-state index < -0.39 is 0 Å². The lowest BCUT2D eigenvalue weighted by molar-refractivity contribution is 0.874. The van der Waals surface area contributed by atoms with Crippen LogP contribution in [0.2, 0.25) is 5.15 Å². The highest BCUT2D eigenvalue weighted by Gasteiger charge is 2.06. The maximum Gasteiger partial charge on any atom is 0.154 e. The minimum Gasteiger partial charge on any atom is -0.242 e. The molecule has 0 aliphatic carbocycles. The first-order valence-electron chi connectivity index (χ1n) is 5.96. The number of hydrogen-bond donors (Lipinski definition) is 0. The van der Waals surface area contributed by atoms with Crippen LogP contribution < -0.4 is 0 Å². The van der Waals surface area contributed by atoms with Crippen LogP contribution in [-0.2, 0) is 0 Å². The quantitative estimate of drug-likeness (QED) is 0.661. The van der Waals surface area contributed by atoms with Crippen molar-refractivity contribution in [2.24, 2.45) is 0 Å². The maximum absolute atomic E-state index is 6.06. The molecule has 0 radical (unpaired) electrons. The summed E-state index contributed by atoms with van der Waals surface area (Å²) in [4.78, 5) is 4.05. The molecule has 0 saturated heterocycles. The molecule has 3 nitrogen and oxygen atoms in total. The third-order valence-electron chi connectivity index (χ3n) is 2.95. The van der Waals surface area contributed by atoms with E-state index in [9.17, 15) is 0 Å². The highest BCUT2D eigenvalue weighted by molar-refractivity contribution is 6.31. The molecular formula is C15H12ClN3. The van der Waals surface area contributed by atoms with Crippen molar-refractivity contribution in [1.82, 2.24) is 14.8 Å². The summed E-state index contributed by atoms with van der Waals surface area (Å²) in [6, 6.07) is 12.1. The molecule has 0 amide bonds. The first-order valence-corrected chi connectivity index (χ1v) is 6.34. The molecule has 2 aromatic heterocycles. The largest absolute Gasteiger partial charge is 0.242 e. The van der Waals surface area contributed by atoms with E-state index in [1.165, 1.54) is 5.56 Å². The summed E-state index contributed by atoms with van der Waals surface area (Å²) >= 11 is 6.06. The Kier molecular flexibility index (Phi) is 3.05. The van der Waals surface area contributed by atoms with Crippen LogP contribution in [0, 0.1) is 6.92 Å². The lowest BCUT2D eigenvalue weighted by Crippen LogP contribution is -1.95. The summed E-state index contributed by atoms with van der Waals surface area (Å²) in [5.41, 5.74) is 4.21. The molecule has 0 N–H and O–H groups in total. The summed E-state index contributed by atoms with van der Waals surface area (Å²) in [5.74, 6) is 0. The first kappa shape index (κ1) is 11.9. The van der Waals surface area contributed by atoms with Gasteiger partial charge in [0.2, 0.25) is 0 Å². The van der Waals surface area contributed by atoms with Crippen molar-refractivity contribution >= 4 is 11.6 Å². The molecule has 0 spiro atoms. The van der Waals surface area contributed by atoms with E-state index in [4.69, 9.17) is 11.6 Å². The predicted molar refractivity (Wildman–Crippen MR) is 76.5 cm³/mol. The van der Waals surface area contributed by atoms with Gasteiger partial charge < -0.3 is 0 Å². The highest BCUT2D eigenvalue weighted by atomic mass is 35.5. The Balaban J connectivity index is 2.00. The number of pyridine rings is 1. The third-order valence-corrected chi connectivity index (χ3v) is 3.24. The summed E-state index contributed by atoms with van der Waals surface area (Å²) < 4.78 is 1.74. The van der Waals surface area contributed by atoms with Crippen molar-refractivity contribution in [3.8, 4) is 16.8 Å². The molecule has 19 heavy (non-hydrogen) atoms. The zero-order chi connectivity index (χ0) is 13.2. The lowest BCUT2D eigenvalue weighted by Gasteiger charge is -2.02. The van der Waals surface area contributed by atoms with Crippen LogP contribution in [0.25, 0.3) is 16.8 Å². The van der Waals surface area contributed by atoms with Gasteiger partial charge in [0.15, 0.2) is 5.15 Å². The molecule has 94 valence electrons. The van der Waals surface area contributed by atoms with E-state index in [1.807, 2.05) is 24.5 Å². The summed E-state index contributed by atoms with van der Waals surface area (Å²) in [6.07, 6.45) is 5.44. The van der Waals surface area contributed by atoms with Gasteiger partial charge in [-0.1, -0.05) is 41.4 Å². The van der Waals surface area contributed by atoms with Crippen LogP contribution in [0.3, 0.4) is 0 Å². The minimum absolute atomic E-state index is 0.445. The second-order valence-electron chi connectivity index (χ2n) is 4.35. The molecule has 0 bridgehead atoms. The lowest BCUT2D eigenvalue weighted by atomic mass is 10.1. The van der Waals surface area contributed by atoms with Gasteiger partial charge in [0, 0.05) is 18.0 Å². The SMILES string of the molecule is Cc1ccc(-c2cnn(-c3cccnc3Cl)c2)cc1. The monoisotopic (exact) mass is 269 g/mol. The molecule has 2 heterocycles. The Morgan fingerprint density at radius 2 is 1.84 bits per heavy atom. The molecule has 3 aromatic rings. The molecule has 0 unspecified atom stereocenters. The molecule has 1 aromatic carbocycles. The summed E-state index contributed by atoms with van der Waals surface area (Å²) in [7, 11) is 0. The zero-order valence-corrected chi connectivity index (χ0v) is 11.2. The number of benzene rings is 1. The Labute approximate surface area is 116 Å². The topological polar surface area (TPSA) is 30.7 Å². The fourth-order valence-corrected chi connectivity index (χ4v) is 2.10. The standard InChI is InChI=1S/C15H12ClN3/c1-11-4-6-12(7-5-11)13-9-18-19(10-13)14-3-2-8-17-15(14)16/h2-10H,1H3. The van der Waals surface area contributed by atoms with Gasteiger partial charge in [-0.25, -0.2) is 9.67 Å². The molecule has 0 saturated carbocycles. The van der Waals surface area contributed by atoms with Crippen molar-refractivity contribution in [3.63, 3.8) is 0 Å². The van der Waals surface area contributed by atoms with Gasteiger partial charge in [-0.15, -0.1) is 0 Å². The second-order valence-corrected chi connectivity index (χ2v) is 4.71. The van der Waals surface area contributed by atoms with E-state index >= 15 is 0 Å². The average Bonchev–Trinajstić information content (AvgIpc) is 2.89. The van der Waals surface area contributed by atoms with E-state index in [2.05, 4.69) is 41.3 Å². The normalized spacial score (nSPS) is 10.6. The van der Waals surface area contributed by atoms with Crippen LogP contribution >= 0.6 is 11.6 Å². The average molecular weight is 270 g/mol. The zero-order valence-electron chi connectivity index (χ0n) is 10.4. The first-order chi connectivity index (χ1) is 9.24. The van der Waals surface area contributed by atoms with Gasteiger partial charge in [-0.05, 0) is 24.6 Å². The van der Waals surface area contributed by atoms with Gasteiger partial charge in [0.25, 0.3) is 0 Å². The van der Waals surface area contributed by atoms with E-state index in [1.54, 1.807) is 10.9 Å². The fourth-order valence-electron chi connectivity index (χ4n) is 1.90. The third kappa shape index (κ3) is 2.37. The number of hydrogen-bond acceptors (Lipinski definition) is 2. The Hall–Kier alpha value is -2.13. The Morgan fingerprint density at radius 3 is 2.58 bits per heavy atom. The van der Waals surface area contributed by atoms with Crippen LogP contribution in [-0.4, -0.2) is 14.8 Å². The van der Waals surface area contributed by atoms with Crippen LogP contribution in [0.4, 0.5) is 0 Å². The van der Waals surface area contributed by atoms with Crippen LogP contribution in [0.5, 0.6) is 0 Å². The van der Waals surface area contributed by atoms with Crippen molar-refractivity contribution in [3.05, 3.63) is 65.7 Å². The molecule has 0 fully saturated rings. The van der Waals surface area contributed by atoms with Crippen LogP contribution in [0.15, 0.2) is 55.0 Å². The number of halogens is 1. The van der Waals surface area contributed by atoms with Crippen molar-refractivity contribution in [2.45, 2.75) is 6.92 Å². The number of aryl methyl sites for hydroxylation is 1. The van der Waals surface area contributed by atoms with Crippen molar-refractivity contribution in [2.75, 3.05) is 0 Å². The molecule has 0 aliphatic heterocycles. The van der Waals surface area contributed by atoms with Gasteiger partial charge >= 0.3 is 0 Å². The minimum atomic E-state index is 0.445. The van der Waals surface area contributed by atoms with Crippen molar-refractivity contribution in [1.29, 1.82) is 0 Å². The van der Waals surface area contributed by atoms with Crippen molar-refractivity contribution < 1.29 is 0 Å². The summed E-state index contributed by atoms with van der Waals surface area (Å²) in [6.45, 7) is 2.07. The molecule has 0 aliphatic rings. The predicted octanol–water partition coefficient (Wildman–Crippen LogP) is 3.90. The molecular weight excluding hydrogens is 258 g/mol. The summed E-state index contributed by atoms with van der Waals surface area (Å²) in [5, 5.41) is 4.78. The van der Waals surface area contributed by atoms with Crippen LogP contribution in [0.1, 0.15) is 5.56 Å². The number of aromatic nitrogens is 3. The van der Waals surface area contributed by atoms with E-state index in [0.717, 1.165) is 16.8 Å². The van der Waals surface area contributed by atoms with E-state index in [-0.39, 0.29) is 0 Å². The Bertz CT molecular complexity index is 701. The highest BCUT2D eigenvalue weighted by Crippen LogP contribution is 2.22. The van der Waals surface area contributed by atoms with Gasteiger partial charge in [0.1, 0.15) is 5.69 Å². The number of nitrogens with zero attached hydrogens (tertiary/aromatic N) is 3. The Morgan fingerprint density at radius 1 is 1.05 bits per heavy atom. The molecule has 0 atom stereocenters. The number of rotatable bonds is 2. The fraction of sp³-hybridized carbons (Fsp3) is 0.0667. The van der Waals surface area contributed by atoms with Gasteiger partial charge in [-0.3, -0.25) is 0 Å². The maximum atomic E-state index is 6.06. The molecule has 4 heteroatoms. The smallest absolute Gasteiger partial charge is 0.154 e. The van der Waals surface area contributed by atoms with Gasteiger partial charge in [-0.2, -0.15) is 5.10 Å².